The second-order valence-corrected chi connectivity index (χ2v) is 5.21. The van der Waals surface area contributed by atoms with Crippen LogP contribution < -0.4 is 0 Å². The van der Waals surface area contributed by atoms with Gasteiger partial charge in [-0.25, -0.2) is 4.98 Å². The largest absolute Gasteiger partial charge is 0.388 e. The molecule has 100 valence electrons. The summed E-state index contributed by atoms with van der Waals surface area (Å²) in [4.78, 5) is 17.0. The third-order valence-electron chi connectivity index (χ3n) is 3.25. The zero-order chi connectivity index (χ0) is 13.6. The topological polar surface area (TPSA) is 83.9 Å². The van der Waals surface area contributed by atoms with Crippen LogP contribution in [0.2, 0.25) is 0 Å². The normalized spacial score (nSPS) is 18.4. The minimum Gasteiger partial charge on any atom is -0.388 e. The molecule has 7 heteroatoms. The smallest absolute Gasteiger partial charge is 0.352 e. The third-order valence-corrected chi connectivity index (χ3v) is 3.25. The van der Waals surface area contributed by atoms with Gasteiger partial charge in [0, 0.05) is 25.7 Å². The molecule has 0 saturated carbocycles. The van der Waals surface area contributed by atoms with Crippen LogP contribution in [-0.2, 0) is 6.54 Å². The Bertz CT molecular complexity index is 641. The Kier molecular flexibility index (Phi) is 2.54. The summed E-state index contributed by atoms with van der Waals surface area (Å²) in [5.41, 5.74) is 0.316. The number of aromatic nitrogens is 2. The first-order valence-electron chi connectivity index (χ1n) is 6.01. The maximum Gasteiger partial charge on any atom is 0.352 e. The minimum absolute atomic E-state index is 0.00198. The van der Waals surface area contributed by atoms with Crippen LogP contribution in [-0.4, -0.2) is 43.0 Å². The molecule has 0 spiro atoms. The van der Waals surface area contributed by atoms with Gasteiger partial charge in [0.1, 0.15) is 0 Å². The molecule has 3 rings (SSSR count). The van der Waals surface area contributed by atoms with Crippen molar-refractivity contribution in [1.82, 2.24) is 14.3 Å². The number of aliphatic hydroxyl groups is 1. The second-order valence-electron chi connectivity index (χ2n) is 5.21. The molecule has 1 N–H and O–H groups in total. The number of imidazole rings is 1. The summed E-state index contributed by atoms with van der Waals surface area (Å²) in [5.74, 6) is 0.00198. The van der Waals surface area contributed by atoms with Crippen LogP contribution >= 0.6 is 0 Å². The number of pyridine rings is 1. The summed E-state index contributed by atoms with van der Waals surface area (Å²) in [6.45, 7) is 3.16. The fraction of sp³-hybridized carbons (Fsp3) is 0.417. The van der Waals surface area contributed by atoms with E-state index in [0.717, 1.165) is 0 Å². The van der Waals surface area contributed by atoms with Crippen LogP contribution in [0.1, 0.15) is 12.6 Å². The number of fused-ring (bicyclic) bond motifs is 1. The first-order valence-corrected chi connectivity index (χ1v) is 6.01. The lowest BCUT2D eigenvalue weighted by Gasteiger charge is -2.43. The van der Waals surface area contributed by atoms with E-state index >= 15 is 0 Å². The molecule has 19 heavy (non-hydrogen) atoms. The average Bonchev–Trinajstić information content (AvgIpc) is 2.64. The molecule has 0 unspecified atom stereocenters. The van der Waals surface area contributed by atoms with Crippen molar-refractivity contribution < 1.29 is 10.0 Å². The van der Waals surface area contributed by atoms with Crippen molar-refractivity contribution in [2.75, 3.05) is 13.1 Å². The van der Waals surface area contributed by atoms with Gasteiger partial charge < -0.3 is 15.2 Å². The SMILES string of the molecule is CC1(O)CN(Cc2nc3ccccn3c2[N+](=O)[O-])C1. The first kappa shape index (κ1) is 12.1. The van der Waals surface area contributed by atoms with Gasteiger partial charge in [-0.15, -0.1) is 0 Å². The standard InChI is InChI=1S/C12H14N4O3/c1-12(17)7-14(8-12)6-9-11(16(18)19)15-5-3-2-4-10(15)13-9/h2-5,17H,6-8H2,1H3. The predicted molar refractivity (Wildman–Crippen MR) is 67.7 cm³/mol. The average molecular weight is 262 g/mol. The van der Waals surface area contributed by atoms with Crippen molar-refractivity contribution in [3.8, 4) is 0 Å². The van der Waals surface area contributed by atoms with Gasteiger partial charge in [0.2, 0.25) is 5.65 Å². The van der Waals surface area contributed by atoms with Gasteiger partial charge in [-0.2, -0.15) is 4.40 Å². The molecule has 1 aliphatic heterocycles. The van der Waals surface area contributed by atoms with E-state index in [0.29, 0.717) is 31.0 Å². The highest BCUT2D eigenvalue weighted by atomic mass is 16.6. The fourth-order valence-corrected chi connectivity index (χ4v) is 2.57. The molecule has 0 radical (unpaired) electrons. The lowest BCUT2D eigenvalue weighted by molar-refractivity contribution is -0.391. The van der Waals surface area contributed by atoms with Gasteiger partial charge >= 0.3 is 5.82 Å². The van der Waals surface area contributed by atoms with Crippen LogP contribution in [0.5, 0.6) is 0 Å². The van der Waals surface area contributed by atoms with E-state index in [1.54, 1.807) is 31.3 Å². The van der Waals surface area contributed by atoms with E-state index in [1.165, 1.54) is 4.40 Å². The highest BCUT2D eigenvalue weighted by molar-refractivity contribution is 5.49. The summed E-state index contributed by atoms with van der Waals surface area (Å²) in [6.07, 6.45) is 1.64. The van der Waals surface area contributed by atoms with Crippen molar-refractivity contribution in [1.29, 1.82) is 0 Å². The highest BCUT2D eigenvalue weighted by Gasteiger charge is 2.38. The molecule has 0 atom stereocenters. The monoisotopic (exact) mass is 262 g/mol. The van der Waals surface area contributed by atoms with Crippen LogP contribution in [0.25, 0.3) is 5.65 Å². The molecular weight excluding hydrogens is 248 g/mol. The number of hydrogen-bond acceptors (Lipinski definition) is 5. The first-order chi connectivity index (χ1) is 8.96. The van der Waals surface area contributed by atoms with Gasteiger partial charge in [0.25, 0.3) is 0 Å². The molecule has 0 amide bonds. The Balaban J connectivity index is 1.94. The lowest BCUT2D eigenvalue weighted by atomic mass is 9.97. The Morgan fingerprint density at radius 2 is 2.26 bits per heavy atom. The maximum absolute atomic E-state index is 11.2. The van der Waals surface area contributed by atoms with Crippen molar-refractivity contribution in [3.05, 3.63) is 40.2 Å². The summed E-state index contributed by atoms with van der Waals surface area (Å²) >= 11 is 0. The maximum atomic E-state index is 11.2. The van der Waals surface area contributed by atoms with Gasteiger partial charge in [0.05, 0.1) is 11.8 Å². The van der Waals surface area contributed by atoms with Crippen LogP contribution in [0, 0.1) is 10.1 Å². The van der Waals surface area contributed by atoms with E-state index in [9.17, 15) is 15.2 Å². The highest BCUT2D eigenvalue weighted by Crippen LogP contribution is 2.26. The number of rotatable bonds is 3. The third kappa shape index (κ3) is 2.06. The van der Waals surface area contributed by atoms with Gasteiger partial charge in [0.15, 0.2) is 5.69 Å². The molecule has 2 aromatic heterocycles. The Labute approximate surface area is 109 Å². The van der Waals surface area contributed by atoms with Crippen molar-refractivity contribution in [3.63, 3.8) is 0 Å². The predicted octanol–water partition coefficient (Wildman–Crippen LogP) is 0.809. The number of hydrogen-bond donors (Lipinski definition) is 1. The number of likely N-dealkylation sites (tertiary alicyclic amines) is 1. The molecule has 2 aromatic rings. The molecule has 3 heterocycles. The zero-order valence-electron chi connectivity index (χ0n) is 10.5. The van der Waals surface area contributed by atoms with Crippen molar-refractivity contribution in [2.24, 2.45) is 0 Å². The molecule has 1 fully saturated rings. The molecule has 1 aliphatic rings. The zero-order valence-corrected chi connectivity index (χ0v) is 10.5. The molecule has 0 aliphatic carbocycles. The quantitative estimate of drug-likeness (QED) is 0.653. The minimum atomic E-state index is -0.687. The fourth-order valence-electron chi connectivity index (χ4n) is 2.57. The van der Waals surface area contributed by atoms with Crippen LogP contribution in [0.4, 0.5) is 5.82 Å². The van der Waals surface area contributed by atoms with E-state index in [-0.39, 0.29) is 5.82 Å². The van der Waals surface area contributed by atoms with Crippen LogP contribution in [0.3, 0.4) is 0 Å². The second kappa shape index (κ2) is 4.01. The summed E-state index contributed by atoms with van der Waals surface area (Å²) in [7, 11) is 0. The number of nitrogens with zero attached hydrogens (tertiary/aromatic N) is 4. The molecular formula is C12H14N4O3. The summed E-state index contributed by atoms with van der Waals surface area (Å²) < 4.78 is 1.48. The molecule has 7 nitrogen and oxygen atoms in total. The van der Waals surface area contributed by atoms with Crippen molar-refractivity contribution >= 4 is 11.5 Å². The Morgan fingerprint density at radius 3 is 2.89 bits per heavy atom. The molecule has 1 saturated heterocycles. The Hall–Kier alpha value is -1.99. The molecule has 0 aromatic carbocycles. The van der Waals surface area contributed by atoms with E-state index in [4.69, 9.17) is 0 Å². The van der Waals surface area contributed by atoms with E-state index < -0.39 is 10.5 Å². The molecule has 0 bridgehead atoms. The van der Waals surface area contributed by atoms with Gasteiger partial charge in [-0.3, -0.25) is 4.90 Å². The number of nitro groups is 1. The Morgan fingerprint density at radius 1 is 1.53 bits per heavy atom. The van der Waals surface area contributed by atoms with Gasteiger partial charge in [-0.1, -0.05) is 6.07 Å². The van der Waals surface area contributed by atoms with Crippen molar-refractivity contribution in [2.45, 2.75) is 19.1 Å². The summed E-state index contributed by atoms with van der Waals surface area (Å²) in [5, 5.41) is 20.9. The number of β-amino-alcohol motifs (C(OH)–C–C–N with tert-alkyl or cyclic N) is 1. The lowest BCUT2D eigenvalue weighted by Crippen LogP contribution is -2.59. The van der Waals surface area contributed by atoms with Crippen LogP contribution in [0.15, 0.2) is 24.4 Å². The van der Waals surface area contributed by atoms with E-state index in [2.05, 4.69) is 4.98 Å². The van der Waals surface area contributed by atoms with E-state index in [1.807, 2.05) is 4.90 Å². The van der Waals surface area contributed by atoms with Gasteiger partial charge in [-0.05, 0) is 17.9 Å². The summed E-state index contributed by atoms with van der Waals surface area (Å²) in [6, 6.07) is 5.27.